The quantitative estimate of drug-likeness (QED) is 0.838. The topological polar surface area (TPSA) is 38.5 Å². The second-order valence-corrected chi connectivity index (χ2v) is 5.86. The van der Waals surface area contributed by atoms with Crippen molar-refractivity contribution in [3.8, 4) is 5.75 Å². The van der Waals surface area contributed by atoms with Crippen LogP contribution in [-0.2, 0) is 6.54 Å². The lowest BCUT2D eigenvalue weighted by Crippen LogP contribution is -2.37. The van der Waals surface area contributed by atoms with Gasteiger partial charge in [0.15, 0.2) is 0 Å². The zero-order chi connectivity index (χ0) is 15.1. The van der Waals surface area contributed by atoms with Crippen LogP contribution in [0.2, 0.25) is 0 Å². The van der Waals surface area contributed by atoms with E-state index < -0.39 is 0 Å². The van der Waals surface area contributed by atoms with Crippen LogP contribution in [0.3, 0.4) is 0 Å². The third-order valence-electron chi connectivity index (χ3n) is 4.37. The third-order valence-corrected chi connectivity index (χ3v) is 4.37. The van der Waals surface area contributed by atoms with Crippen LogP contribution in [-0.4, -0.2) is 31.1 Å². The minimum absolute atomic E-state index is 0.178. The van der Waals surface area contributed by atoms with E-state index in [2.05, 4.69) is 4.90 Å². The van der Waals surface area contributed by atoms with Gasteiger partial charge in [-0.1, -0.05) is 25.3 Å². The van der Waals surface area contributed by atoms with E-state index in [1.165, 1.54) is 38.2 Å². The smallest absolute Gasteiger partial charge is 0.131 e. The molecule has 0 unspecified atom stereocenters. The van der Waals surface area contributed by atoms with Crippen molar-refractivity contribution in [1.29, 1.82) is 0 Å². The first-order valence-corrected chi connectivity index (χ1v) is 8.01. The van der Waals surface area contributed by atoms with Gasteiger partial charge in [0.2, 0.25) is 0 Å². The van der Waals surface area contributed by atoms with Crippen molar-refractivity contribution in [2.45, 2.75) is 51.1 Å². The Balaban J connectivity index is 2.06. The van der Waals surface area contributed by atoms with Gasteiger partial charge >= 0.3 is 0 Å². The molecule has 0 aliphatic heterocycles. The summed E-state index contributed by atoms with van der Waals surface area (Å²) in [6, 6.07) is 5.72. The lowest BCUT2D eigenvalue weighted by molar-refractivity contribution is 0.145. The summed E-state index contributed by atoms with van der Waals surface area (Å²) < 4.78 is 19.2. The van der Waals surface area contributed by atoms with E-state index in [1.54, 1.807) is 7.11 Å². The van der Waals surface area contributed by atoms with Crippen LogP contribution in [0.5, 0.6) is 5.75 Å². The van der Waals surface area contributed by atoms with Crippen LogP contribution in [0.4, 0.5) is 4.39 Å². The number of methoxy groups -OCH3 is 1. The highest BCUT2D eigenvalue weighted by Crippen LogP contribution is 2.25. The van der Waals surface area contributed by atoms with Crippen LogP contribution < -0.4 is 10.5 Å². The van der Waals surface area contributed by atoms with Crippen molar-refractivity contribution in [2.24, 2.45) is 5.73 Å². The van der Waals surface area contributed by atoms with E-state index >= 15 is 0 Å². The number of halogens is 1. The number of hydrogen-bond donors (Lipinski definition) is 1. The highest BCUT2D eigenvalue weighted by molar-refractivity contribution is 5.28. The molecule has 0 bridgehead atoms. The second-order valence-electron chi connectivity index (χ2n) is 5.86. The van der Waals surface area contributed by atoms with E-state index in [0.717, 1.165) is 18.5 Å². The zero-order valence-corrected chi connectivity index (χ0v) is 13.0. The molecule has 118 valence electrons. The zero-order valence-electron chi connectivity index (χ0n) is 13.0. The molecule has 1 aliphatic rings. The molecule has 3 nitrogen and oxygen atoms in total. The van der Waals surface area contributed by atoms with Crippen LogP contribution in [0.1, 0.15) is 44.1 Å². The molecule has 2 rings (SSSR count). The number of nitrogens with two attached hydrogens (primary N) is 1. The Morgan fingerprint density at radius 3 is 2.67 bits per heavy atom. The van der Waals surface area contributed by atoms with E-state index in [0.29, 0.717) is 24.9 Å². The average molecular weight is 294 g/mol. The first-order chi connectivity index (χ1) is 10.2. The standard InChI is InChI=1S/C17H27FN2O/c1-21-16-9-8-14(17(18)12-16)13-20(11-5-10-19)15-6-3-2-4-7-15/h8-9,12,15H,2-7,10-11,13,19H2,1H3. The van der Waals surface area contributed by atoms with Crippen molar-refractivity contribution >= 4 is 0 Å². The summed E-state index contributed by atoms with van der Waals surface area (Å²) >= 11 is 0. The van der Waals surface area contributed by atoms with Gasteiger partial charge in [-0.15, -0.1) is 0 Å². The van der Waals surface area contributed by atoms with Crippen molar-refractivity contribution in [3.05, 3.63) is 29.6 Å². The van der Waals surface area contributed by atoms with Gasteiger partial charge in [-0.2, -0.15) is 0 Å². The summed E-state index contributed by atoms with van der Waals surface area (Å²) in [4.78, 5) is 2.41. The molecule has 0 aromatic heterocycles. The summed E-state index contributed by atoms with van der Waals surface area (Å²) in [6.07, 6.45) is 7.32. The molecule has 1 aromatic carbocycles. The number of hydrogen-bond acceptors (Lipinski definition) is 3. The Labute approximate surface area is 127 Å². The van der Waals surface area contributed by atoms with E-state index in [-0.39, 0.29) is 5.82 Å². The maximum absolute atomic E-state index is 14.2. The van der Waals surface area contributed by atoms with Gasteiger partial charge in [-0.05, 0) is 38.4 Å². The molecule has 2 N–H and O–H groups in total. The third kappa shape index (κ3) is 4.68. The lowest BCUT2D eigenvalue weighted by Gasteiger charge is -2.34. The van der Waals surface area contributed by atoms with Crippen LogP contribution >= 0.6 is 0 Å². The van der Waals surface area contributed by atoms with Gasteiger partial charge in [0.1, 0.15) is 11.6 Å². The number of nitrogens with zero attached hydrogens (tertiary/aromatic N) is 1. The molecule has 0 amide bonds. The fraction of sp³-hybridized carbons (Fsp3) is 0.647. The van der Waals surface area contributed by atoms with Gasteiger partial charge in [0.05, 0.1) is 7.11 Å². The Morgan fingerprint density at radius 1 is 1.29 bits per heavy atom. The van der Waals surface area contributed by atoms with Gasteiger partial charge in [-0.3, -0.25) is 4.90 Å². The Kier molecular flexibility index (Phi) is 6.46. The lowest BCUT2D eigenvalue weighted by atomic mass is 9.93. The summed E-state index contributed by atoms with van der Waals surface area (Å²) in [7, 11) is 1.56. The molecule has 0 heterocycles. The van der Waals surface area contributed by atoms with Crippen molar-refractivity contribution in [2.75, 3.05) is 20.2 Å². The fourth-order valence-electron chi connectivity index (χ4n) is 3.13. The van der Waals surface area contributed by atoms with Crippen molar-refractivity contribution < 1.29 is 9.13 Å². The van der Waals surface area contributed by atoms with Gasteiger partial charge < -0.3 is 10.5 Å². The molecule has 0 saturated heterocycles. The van der Waals surface area contributed by atoms with Crippen LogP contribution in [0.25, 0.3) is 0 Å². The minimum atomic E-state index is -0.178. The number of rotatable bonds is 7. The first kappa shape index (κ1) is 16.2. The largest absolute Gasteiger partial charge is 0.497 e. The molecular weight excluding hydrogens is 267 g/mol. The first-order valence-electron chi connectivity index (χ1n) is 8.01. The van der Waals surface area contributed by atoms with Crippen molar-refractivity contribution in [3.63, 3.8) is 0 Å². The fourth-order valence-corrected chi connectivity index (χ4v) is 3.13. The minimum Gasteiger partial charge on any atom is -0.497 e. The Hall–Kier alpha value is -1.13. The van der Waals surface area contributed by atoms with Crippen LogP contribution in [0, 0.1) is 5.82 Å². The molecule has 4 heteroatoms. The second kappa shape index (κ2) is 8.35. The summed E-state index contributed by atoms with van der Waals surface area (Å²) in [5.41, 5.74) is 6.40. The average Bonchev–Trinajstić information content (AvgIpc) is 2.53. The molecule has 0 spiro atoms. The van der Waals surface area contributed by atoms with Gasteiger partial charge in [0.25, 0.3) is 0 Å². The molecule has 1 saturated carbocycles. The summed E-state index contributed by atoms with van der Waals surface area (Å²) in [6.45, 7) is 2.31. The maximum atomic E-state index is 14.2. The summed E-state index contributed by atoms with van der Waals surface area (Å²) in [5, 5.41) is 0. The molecule has 1 fully saturated rings. The Bertz CT molecular complexity index is 433. The molecular formula is C17H27FN2O. The maximum Gasteiger partial charge on any atom is 0.131 e. The van der Waals surface area contributed by atoms with E-state index in [4.69, 9.17) is 10.5 Å². The van der Waals surface area contributed by atoms with E-state index in [9.17, 15) is 4.39 Å². The molecule has 1 aliphatic carbocycles. The highest BCUT2D eigenvalue weighted by Gasteiger charge is 2.21. The SMILES string of the molecule is COc1ccc(CN(CCCN)C2CCCCC2)c(F)c1. The van der Waals surface area contributed by atoms with Crippen LogP contribution in [0.15, 0.2) is 18.2 Å². The molecule has 21 heavy (non-hydrogen) atoms. The Morgan fingerprint density at radius 2 is 2.05 bits per heavy atom. The monoisotopic (exact) mass is 294 g/mol. The van der Waals surface area contributed by atoms with Gasteiger partial charge in [-0.25, -0.2) is 4.39 Å². The molecule has 0 radical (unpaired) electrons. The number of ether oxygens (including phenoxy) is 1. The molecule has 0 atom stereocenters. The predicted molar refractivity (Wildman–Crippen MR) is 83.9 cm³/mol. The summed E-state index contributed by atoms with van der Waals surface area (Å²) in [5.74, 6) is 0.394. The van der Waals surface area contributed by atoms with E-state index in [1.807, 2.05) is 12.1 Å². The van der Waals surface area contributed by atoms with Crippen molar-refractivity contribution in [1.82, 2.24) is 4.90 Å². The normalized spacial score (nSPS) is 16.4. The van der Waals surface area contributed by atoms with Gasteiger partial charge in [0, 0.05) is 24.2 Å². The molecule has 1 aromatic rings. The number of benzene rings is 1. The predicted octanol–water partition coefficient (Wildman–Crippen LogP) is 3.32. The highest BCUT2D eigenvalue weighted by atomic mass is 19.1.